The highest BCUT2D eigenvalue weighted by atomic mass is 32.2. The van der Waals surface area contributed by atoms with Crippen LogP contribution < -0.4 is 10.5 Å². The number of hydrogen-bond acceptors (Lipinski definition) is 4. The average Bonchev–Trinajstić information content (AvgIpc) is 2.37. The summed E-state index contributed by atoms with van der Waals surface area (Å²) in [6.07, 6.45) is 0. The van der Waals surface area contributed by atoms with Gasteiger partial charge < -0.3 is 10.4 Å². The van der Waals surface area contributed by atoms with Gasteiger partial charge in [0.25, 0.3) is 0 Å². The molecule has 0 heterocycles. The van der Waals surface area contributed by atoms with Crippen LogP contribution in [0, 0.1) is 5.82 Å². The molecule has 2 aromatic carbocycles. The number of hydrogen-bond donors (Lipinski definition) is 3. The fourth-order valence-electron chi connectivity index (χ4n) is 1.97. The number of aromatic hydroxyl groups is 1. The predicted molar refractivity (Wildman–Crippen MR) is 77.9 cm³/mol. The maximum absolute atomic E-state index is 13.0. The lowest BCUT2D eigenvalue weighted by Crippen LogP contribution is -2.13. The molecule has 0 saturated carbocycles. The van der Waals surface area contributed by atoms with E-state index in [9.17, 15) is 17.9 Å². The molecule has 0 saturated heterocycles. The summed E-state index contributed by atoms with van der Waals surface area (Å²) in [5, 5.41) is 17.8. The Morgan fingerprint density at radius 2 is 1.95 bits per heavy atom. The van der Waals surface area contributed by atoms with Crippen molar-refractivity contribution < 1.29 is 17.9 Å². The van der Waals surface area contributed by atoms with Crippen LogP contribution in [0.2, 0.25) is 0 Å². The summed E-state index contributed by atoms with van der Waals surface area (Å²) in [7, 11) is -3.78. The van der Waals surface area contributed by atoms with E-state index in [1.54, 1.807) is 19.1 Å². The standard InChI is InChI=1S/C14H15FN2O3S/c1-9(13-6-5-10(15)7-14(13)18)17-11-3-2-4-12(8-11)21(16,19)20/h2-9,17-18H,1H3,(H2,16,19,20). The van der Waals surface area contributed by atoms with E-state index in [0.717, 1.165) is 6.07 Å². The van der Waals surface area contributed by atoms with E-state index in [1.165, 1.54) is 24.3 Å². The highest BCUT2D eigenvalue weighted by molar-refractivity contribution is 7.89. The van der Waals surface area contributed by atoms with Crippen LogP contribution in [0.5, 0.6) is 5.75 Å². The molecule has 2 rings (SSSR count). The molecule has 0 aromatic heterocycles. The Morgan fingerprint density at radius 1 is 1.24 bits per heavy atom. The Hall–Kier alpha value is -2.12. The van der Waals surface area contributed by atoms with Crippen LogP contribution in [0.4, 0.5) is 10.1 Å². The van der Waals surface area contributed by atoms with Gasteiger partial charge in [0.05, 0.1) is 10.9 Å². The van der Waals surface area contributed by atoms with Gasteiger partial charge in [-0.05, 0) is 31.2 Å². The maximum atomic E-state index is 13.0. The molecule has 0 radical (unpaired) electrons. The molecule has 0 amide bonds. The molecule has 0 bridgehead atoms. The van der Waals surface area contributed by atoms with Gasteiger partial charge in [0.2, 0.25) is 10.0 Å². The van der Waals surface area contributed by atoms with E-state index in [0.29, 0.717) is 11.3 Å². The summed E-state index contributed by atoms with van der Waals surface area (Å²) in [5.41, 5.74) is 1.02. The Morgan fingerprint density at radius 3 is 2.57 bits per heavy atom. The van der Waals surface area contributed by atoms with Gasteiger partial charge >= 0.3 is 0 Å². The second-order valence-electron chi connectivity index (χ2n) is 4.64. The molecule has 1 unspecified atom stereocenters. The zero-order valence-electron chi connectivity index (χ0n) is 11.2. The van der Waals surface area contributed by atoms with E-state index < -0.39 is 15.8 Å². The number of halogens is 1. The largest absolute Gasteiger partial charge is 0.507 e. The summed E-state index contributed by atoms with van der Waals surface area (Å²) in [6, 6.07) is 9.40. The van der Waals surface area contributed by atoms with Gasteiger partial charge in [-0.1, -0.05) is 12.1 Å². The van der Waals surface area contributed by atoms with Gasteiger partial charge in [0.15, 0.2) is 0 Å². The Labute approximate surface area is 122 Å². The third kappa shape index (κ3) is 3.71. The van der Waals surface area contributed by atoms with Crippen LogP contribution in [0.25, 0.3) is 0 Å². The van der Waals surface area contributed by atoms with Gasteiger partial charge in [-0.2, -0.15) is 0 Å². The molecular weight excluding hydrogens is 295 g/mol. The molecular formula is C14H15FN2O3S. The van der Waals surface area contributed by atoms with Gasteiger partial charge in [0, 0.05) is 17.3 Å². The molecule has 2 aromatic rings. The summed E-state index contributed by atoms with van der Waals surface area (Å²) in [5.74, 6) is -0.697. The third-order valence-electron chi connectivity index (χ3n) is 3.00. The smallest absolute Gasteiger partial charge is 0.238 e. The molecule has 7 heteroatoms. The number of sulfonamides is 1. The molecule has 0 spiro atoms. The number of anilines is 1. The van der Waals surface area contributed by atoms with Crippen molar-refractivity contribution in [2.75, 3.05) is 5.32 Å². The number of rotatable bonds is 4. The summed E-state index contributed by atoms with van der Waals surface area (Å²) in [6.45, 7) is 1.76. The highest BCUT2D eigenvalue weighted by Crippen LogP contribution is 2.28. The predicted octanol–water partition coefficient (Wildman–Crippen LogP) is 2.35. The minimum atomic E-state index is -3.78. The van der Waals surface area contributed by atoms with E-state index >= 15 is 0 Å². The third-order valence-corrected chi connectivity index (χ3v) is 3.92. The number of phenolic OH excluding ortho intramolecular Hbond substituents is 1. The second kappa shape index (κ2) is 5.71. The number of primary sulfonamides is 1. The molecule has 0 aliphatic heterocycles. The minimum absolute atomic E-state index is 0.0111. The first-order valence-corrected chi connectivity index (χ1v) is 7.70. The van der Waals surface area contributed by atoms with Crippen LogP contribution >= 0.6 is 0 Å². The van der Waals surface area contributed by atoms with E-state index in [-0.39, 0.29) is 16.7 Å². The van der Waals surface area contributed by atoms with Gasteiger partial charge in [0.1, 0.15) is 11.6 Å². The molecule has 0 aliphatic carbocycles. The highest BCUT2D eigenvalue weighted by Gasteiger charge is 2.13. The van der Waals surface area contributed by atoms with Gasteiger partial charge in [-0.3, -0.25) is 0 Å². The monoisotopic (exact) mass is 310 g/mol. The lowest BCUT2D eigenvalue weighted by Gasteiger charge is -2.17. The number of phenols is 1. The molecule has 4 N–H and O–H groups in total. The van der Waals surface area contributed by atoms with Crippen molar-refractivity contribution in [3.63, 3.8) is 0 Å². The van der Waals surface area contributed by atoms with E-state index in [4.69, 9.17) is 5.14 Å². The first kappa shape index (κ1) is 15.3. The Kier molecular flexibility index (Phi) is 4.15. The van der Waals surface area contributed by atoms with Crippen molar-refractivity contribution in [2.45, 2.75) is 17.9 Å². The number of nitrogens with one attached hydrogen (secondary N) is 1. The van der Waals surface area contributed by atoms with Crippen molar-refractivity contribution in [3.05, 3.63) is 53.8 Å². The SMILES string of the molecule is CC(Nc1cccc(S(N)(=O)=O)c1)c1ccc(F)cc1O. The summed E-state index contributed by atoms with van der Waals surface area (Å²) in [4.78, 5) is -0.0111. The molecule has 0 fully saturated rings. The Bertz CT molecular complexity index is 763. The number of benzene rings is 2. The van der Waals surface area contributed by atoms with Gasteiger partial charge in [-0.15, -0.1) is 0 Å². The van der Waals surface area contributed by atoms with Crippen molar-refractivity contribution >= 4 is 15.7 Å². The van der Waals surface area contributed by atoms with Crippen LogP contribution in [0.1, 0.15) is 18.5 Å². The molecule has 1 atom stereocenters. The van der Waals surface area contributed by atoms with Crippen LogP contribution in [0.3, 0.4) is 0 Å². The fourth-order valence-corrected chi connectivity index (χ4v) is 2.53. The van der Waals surface area contributed by atoms with Crippen molar-refractivity contribution in [1.29, 1.82) is 0 Å². The normalized spacial score (nSPS) is 12.9. The van der Waals surface area contributed by atoms with Crippen LogP contribution in [0.15, 0.2) is 47.4 Å². The topological polar surface area (TPSA) is 92.4 Å². The zero-order valence-corrected chi connectivity index (χ0v) is 12.1. The Balaban J connectivity index is 2.25. The number of nitrogens with two attached hydrogens (primary N) is 1. The molecule has 112 valence electrons. The average molecular weight is 310 g/mol. The molecule has 5 nitrogen and oxygen atoms in total. The van der Waals surface area contributed by atoms with Gasteiger partial charge in [-0.25, -0.2) is 17.9 Å². The maximum Gasteiger partial charge on any atom is 0.238 e. The lowest BCUT2D eigenvalue weighted by atomic mass is 10.1. The molecule has 0 aliphatic rings. The van der Waals surface area contributed by atoms with Crippen LogP contribution in [-0.2, 0) is 10.0 Å². The van der Waals surface area contributed by atoms with Crippen molar-refractivity contribution in [2.24, 2.45) is 5.14 Å². The minimum Gasteiger partial charge on any atom is -0.507 e. The summed E-state index contributed by atoms with van der Waals surface area (Å²) >= 11 is 0. The quantitative estimate of drug-likeness (QED) is 0.808. The summed E-state index contributed by atoms with van der Waals surface area (Å²) < 4.78 is 35.6. The van der Waals surface area contributed by atoms with Crippen molar-refractivity contribution in [3.8, 4) is 5.75 Å². The second-order valence-corrected chi connectivity index (χ2v) is 6.20. The fraction of sp³-hybridized carbons (Fsp3) is 0.143. The zero-order chi connectivity index (χ0) is 15.6. The van der Waals surface area contributed by atoms with Crippen LogP contribution in [-0.4, -0.2) is 13.5 Å². The first-order chi connectivity index (χ1) is 9.77. The lowest BCUT2D eigenvalue weighted by molar-refractivity contribution is 0.459. The van der Waals surface area contributed by atoms with Crippen molar-refractivity contribution in [1.82, 2.24) is 0 Å². The van der Waals surface area contributed by atoms with E-state index in [2.05, 4.69) is 5.32 Å². The van der Waals surface area contributed by atoms with E-state index in [1.807, 2.05) is 0 Å². The first-order valence-electron chi connectivity index (χ1n) is 6.15. The molecule has 21 heavy (non-hydrogen) atoms.